The van der Waals surface area contributed by atoms with Crippen molar-refractivity contribution in [2.75, 3.05) is 17.6 Å². The Kier molecular flexibility index (Phi) is 4.88. The Bertz CT molecular complexity index is 992. The van der Waals surface area contributed by atoms with E-state index in [0.717, 1.165) is 52.2 Å². The number of aromatic amines is 1. The molecule has 0 bridgehead atoms. The zero-order valence-corrected chi connectivity index (χ0v) is 15.3. The molecule has 2 N–H and O–H groups in total. The number of anilines is 1. The van der Waals surface area contributed by atoms with Crippen molar-refractivity contribution in [3.8, 4) is 11.3 Å². The number of aryl methyl sites for hydroxylation is 1. The van der Waals surface area contributed by atoms with Crippen LogP contribution in [-0.2, 0) is 5.75 Å². The van der Waals surface area contributed by atoms with Crippen molar-refractivity contribution in [2.45, 2.75) is 12.7 Å². The lowest BCUT2D eigenvalue weighted by atomic mass is 10.1. The number of hydrogen-bond acceptors (Lipinski definition) is 5. The minimum Gasteiger partial charge on any atom is -0.369 e. The molecule has 0 saturated heterocycles. The summed E-state index contributed by atoms with van der Waals surface area (Å²) < 4.78 is 1.84. The molecule has 0 spiro atoms. The third-order valence-electron chi connectivity index (χ3n) is 4.15. The highest BCUT2D eigenvalue weighted by atomic mass is 32.2. The van der Waals surface area contributed by atoms with E-state index in [1.165, 1.54) is 0 Å². The molecule has 4 rings (SSSR count). The summed E-state index contributed by atoms with van der Waals surface area (Å²) in [5, 5.41) is 7.87. The van der Waals surface area contributed by atoms with Gasteiger partial charge in [-0.25, -0.2) is 9.97 Å². The molecular formula is C19H20N6S. The SMILES string of the molecule is Cc1[nH]cnc1CSCCNc1cc(-c2ccccc2)nc2ccnn12. The maximum absolute atomic E-state index is 4.70. The molecule has 0 fully saturated rings. The monoisotopic (exact) mass is 364 g/mol. The summed E-state index contributed by atoms with van der Waals surface area (Å²) in [6.45, 7) is 2.90. The fourth-order valence-electron chi connectivity index (χ4n) is 2.75. The van der Waals surface area contributed by atoms with Crippen LogP contribution in [-0.4, -0.2) is 36.9 Å². The van der Waals surface area contributed by atoms with E-state index in [9.17, 15) is 0 Å². The third-order valence-corrected chi connectivity index (χ3v) is 5.12. The Labute approximate surface area is 156 Å². The molecule has 1 aromatic carbocycles. The zero-order chi connectivity index (χ0) is 17.8. The number of thioether (sulfide) groups is 1. The summed E-state index contributed by atoms with van der Waals surface area (Å²) in [6, 6.07) is 14.2. The maximum atomic E-state index is 4.70. The van der Waals surface area contributed by atoms with Gasteiger partial charge >= 0.3 is 0 Å². The number of H-pyrrole nitrogens is 1. The molecule has 3 heterocycles. The number of nitrogens with one attached hydrogen (secondary N) is 2. The van der Waals surface area contributed by atoms with Gasteiger partial charge in [-0.3, -0.25) is 0 Å². The van der Waals surface area contributed by atoms with Gasteiger partial charge in [-0.1, -0.05) is 30.3 Å². The molecule has 0 radical (unpaired) electrons. The molecule has 26 heavy (non-hydrogen) atoms. The van der Waals surface area contributed by atoms with Crippen LogP contribution in [0.1, 0.15) is 11.4 Å². The highest BCUT2D eigenvalue weighted by Crippen LogP contribution is 2.22. The van der Waals surface area contributed by atoms with Crippen LogP contribution < -0.4 is 5.32 Å². The van der Waals surface area contributed by atoms with E-state index in [2.05, 4.69) is 45.5 Å². The molecule has 4 aromatic rings. The lowest BCUT2D eigenvalue weighted by Gasteiger charge is -2.10. The van der Waals surface area contributed by atoms with E-state index in [0.29, 0.717) is 0 Å². The maximum Gasteiger partial charge on any atom is 0.157 e. The van der Waals surface area contributed by atoms with Gasteiger partial charge in [0.15, 0.2) is 5.65 Å². The molecule has 132 valence electrons. The average molecular weight is 364 g/mol. The van der Waals surface area contributed by atoms with Crippen LogP contribution in [0.3, 0.4) is 0 Å². The van der Waals surface area contributed by atoms with Crippen molar-refractivity contribution in [1.82, 2.24) is 24.6 Å². The summed E-state index contributed by atoms with van der Waals surface area (Å²) in [5.41, 5.74) is 5.15. The Morgan fingerprint density at radius 2 is 2.08 bits per heavy atom. The topological polar surface area (TPSA) is 70.9 Å². The summed E-state index contributed by atoms with van der Waals surface area (Å²) in [6.07, 6.45) is 3.53. The van der Waals surface area contributed by atoms with E-state index < -0.39 is 0 Å². The first-order valence-electron chi connectivity index (χ1n) is 8.52. The van der Waals surface area contributed by atoms with E-state index in [1.807, 2.05) is 40.5 Å². The minimum atomic E-state index is 0.841. The minimum absolute atomic E-state index is 0.841. The molecule has 0 atom stereocenters. The zero-order valence-electron chi connectivity index (χ0n) is 14.5. The van der Waals surface area contributed by atoms with E-state index in [1.54, 1.807) is 12.5 Å². The van der Waals surface area contributed by atoms with Gasteiger partial charge in [0.25, 0.3) is 0 Å². The second-order valence-electron chi connectivity index (χ2n) is 5.95. The number of nitrogens with zero attached hydrogens (tertiary/aromatic N) is 4. The fraction of sp³-hybridized carbons (Fsp3) is 0.211. The molecule has 7 heteroatoms. The summed E-state index contributed by atoms with van der Waals surface area (Å²) in [4.78, 5) is 12.1. The van der Waals surface area contributed by atoms with Crippen LogP contribution in [0.25, 0.3) is 16.9 Å². The second kappa shape index (κ2) is 7.61. The van der Waals surface area contributed by atoms with Crippen LogP contribution in [0.15, 0.2) is 55.0 Å². The summed E-state index contributed by atoms with van der Waals surface area (Å²) in [7, 11) is 0. The van der Waals surface area contributed by atoms with Crippen LogP contribution >= 0.6 is 11.8 Å². The van der Waals surface area contributed by atoms with Crippen LogP contribution in [0.5, 0.6) is 0 Å². The van der Waals surface area contributed by atoms with Crippen molar-refractivity contribution in [3.05, 3.63) is 66.4 Å². The van der Waals surface area contributed by atoms with Crippen molar-refractivity contribution < 1.29 is 0 Å². The quantitative estimate of drug-likeness (QED) is 0.489. The Balaban J connectivity index is 1.44. The number of aromatic nitrogens is 5. The van der Waals surface area contributed by atoms with Gasteiger partial charge in [0.2, 0.25) is 0 Å². The fourth-order valence-corrected chi connectivity index (χ4v) is 3.62. The lowest BCUT2D eigenvalue weighted by molar-refractivity contribution is 0.934. The van der Waals surface area contributed by atoms with Gasteiger partial charge in [-0.05, 0) is 6.92 Å². The molecule has 3 aromatic heterocycles. The summed E-state index contributed by atoms with van der Waals surface area (Å²) >= 11 is 1.86. The van der Waals surface area contributed by atoms with E-state index >= 15 is 0 Å². The molecule has 0 aliphatic rings. The highest BCUT2D eigenvalue weighted by molar-refractivity contribution is 7.98. The van der Waals surface area contributed by atoms with Crippen LogP contribution in [0, 0.1) is 6.92 Å². The number of imidazole rings is 1. The lowest BCUT2D eigenvalue weighted by Crippen LogP contribution is -2.10. The number of rotatable bonds is 7. The number of hydrogen-bond donors (Lipinski definition) is 2. The number of benzene rings is 1. The first-order chi connectivity index (χ1) is 12.8. The van der Waals surface area contributed by atoms with Crippen molar-refractivity contribution in [3.63, 3.8) is 0 Å². The highest BCUT2D eigenvalue weighted by Gasteiger charge is 2.08. The van der Waals surface area contributed by atoms with Gasteiger partial charge in [0, 0.05) is 41.4 Å². The van der Waals surface area contributed by atoms with Gasteiger partial charge < -0.3 is 10.3 Å². The normalized spacial score (nSPS) is 11.1. The molecule has 0 saturated carbocycles. The van der Waals surface area contributed by atoms with E-state index in [4.69, 9.17) is 4.98 Å². The first kappa shape index (κ1) is 16.7. The second-order valence-corrected chi connectivity index (χ2v) is 7.05. The average Bonchev–Trinajstić information content (AvgIpc) is 3.31. The van der Waals surface area contributed by atoms with Crippen LogP contribution in [0.4, 0.5) is 5.82 Å². The molecule has 0 aliphatic carbocycles. The Hall–Kier alpha value is -2.80. The summed E-state index contributed by atoms with van der Waals surface area (Å²) in [5.74, 6) is 2.85. The van der Waals surface area contributed by atoms with Gasteiger partial charge in [-0.15, -0.1) is 0 Å². The Morgan fingerprint density at radius 1 is 1.19 bits per heavy atom. The van der Waals surface area contributed by atoms with Gasteiger partial charge in [0.05, 0.1) is 23.9 Å². The molecule has 0 aliphatic heterocycles. The molecular weight excluding hydrogens is 344 g/mol. The molecule has 0 unspecified atom stereocenters. The largest absolute Gasteiger partial charge is 0.369 e. The van der Waals surface area contributed by atoms with Crippen molar-refractivity contribution >= 4 is 23.2 Å². The predicted octanol–water partition coefficient (Wildman–Crippen LogP) is 3.77. The van der Waals surface area contributed by atoms with Gasteiger partial charge in [-0.2, -0.15) is 21.4 Å². The standard InChI is InChI=1S/C19H20N6S/c1-14-17(22-13-21-14)12-26-10-9-20-19-11-16(15-5-3-2-4-6-15)24-18-7-8-23-25(18)19/h2-8,11,13,20H,9-10,12H2,1H3,(H,21,22). The van der Waals surface area contributed by atoms with Crippen LogP contribution in [0.2, 0.25) is 0 Å². The van der Waals surface area contributed by atoms with Crippen molar-refractivity contribution in [1.29, 1.82) is 0 Å². The third kappa shape index (κ3) is 3.57. The van der Waals surface area contributed by atoms with Gasteiger partial charge in [0.1, 0.15) is 5.82 Å². The molecule has 6 nitrogen and oxygen atoms in total. The number of fused-ring (bicyclic) bond motifs is 1. The predicted molar refractivity (Wildman–Crippen MR) is 106 cm³/mol. The van der Waals surface area contributed by atoms with Crippen molar-refractivity contribution in [2.24, 2.45) is 0 Å². The first-order valence-corrected chi connectivity index (χ1v) is 9.67. The Morgan fingerprint density at radius 3 is 2.88 bits per heavy atom. The molecule has 0 amide bonds. The van der Waals surface area contributed by atoms with E-state index in [-0.39, 0.29) is 0 Å². The smallest absolute Gasteiger partial charge is 0.157 e.